The predicted molar refractivity (Wildman–Crippen MR) is 259 cm³/mol. The van der Waals surface area contributed by atoms with Crippen molar-refractivity contribution >= 4 is 58.4 Å². The van der Waals surface area contributed by atoms with Crippen LogP contribution in [0.4, 0.5) is 29.1 Å². The molecule has 0 unspecified atom stereocenters. The first-order valence-electron chi connectivity index (χ1n) is 23.1. The summed E-state index contributed by atoms with van der Waals surface area (Å²) in [6.07, 6.45) is 9.48. The average molecular weight is 953 g/mol. The lowest BCUT2D eigenvalue weighted by Crippen LogP contribution is -2.74. The largest absolute Gasteiger partial charge is 0.495 e. The van der Waals surface area contributed by atoms with Gasteiger partial charge in [0.15, 0.2) is 5.82 Å². The highest BCUT2D eigenvalue weighted by Crippen LogP contribution is 2.55. The van der Waals surface area contributed by atoms with Crippen molar-refractivity contribution in [3.8, 4) is 17.6 Å². The van der Waals surface area contributed by atoms with Crippen molar-refractivity contribution in [2.24, 2.45) is 10.8 Å². The third-order valence-electron chi connectivity index (χ3n) is 13.3. The topological polar surface area (TPSA) is 209 Å². The van der Waals surface area contributed by atoms with Crippen molar-refractivity contribution < 1.29 is 33.3 Å². The molecule has 1 aliphatic heterocycles. The number of nitrogens with zero attached hydrogens (tertiary/aromatic N) is 8. The van der Waals surface area contributed by atoms with Gasteiger partial charge in [0.05, 0.1) is 61.6 Å². The van der Waals surface area contributed by atoms with Gasteiger partial charge in [-0.1, -0.05) is 59.1 Å². The molecule has 4 aromatic rings. The first-order valence-corrected chi connectivity index (χ1v) is 23.5. The number of hydrogen-bond acceptors (Lipinski definition) is 15. The number of carbonyl (C=O) groups is 3. The Morgan fingerprint density at radius 1 is 0.941 bits per heavy atom. The number of rotatable bonds is 20. The average Bonchev–Trinajstić information content (AvgIpc) is 3.87. The first-order chi connectivity index (χ1) is 32.6. The van der Waals surface area contributed by atoms with Gasteiger partial charge in [0.1, 0.15) is 35.4 Å². The summed E-state index contributed by atoms with van der Waals surface area (Å²) >= 11 is 6.23. The molecule has 68 heavy (non-hydrogen) atoms. The fourth-order valence-corrected chi connectivity index (χ4v) is 10.1. The Kier molecular flexibility index (Phi) is 15.6. The minimum Gasteiger partial charge on any atom is -0.495 e. The molecule has 362 valence electrons. The van der Waals surface area contributed by atoms with E-state index in [1.54, 1.807) is 54.5 Å². The zero-order chi connectivity index (χ0) is 48.8. The van der Waals surface area contributed by atoms with E-state index in [4.69, 9.17) is 35.5 Å². The van der Waals surface area contributed by atoms with Crippen molar-refractivity contribution in [2.75, 3.05) is 80.7 Å². The number of nitriles is 1. The van der Waals surface area contributed by atoms with Crippen LogP contribution in [0.2, 0.25) is 5.02 Å². The molecule has 2 saturated carbocycles. The second kappa shape index (κ2) is 21.3. The SMILES string of the molecule is CC[C@@H]1C(=O)N(C)c2cnc(Nc3ccc(C(=O)NCCOCCOCCN(C)c4ncc(C(=O)NC5C(C)(C)C(Oc6ccc(C#N)c(Cl)c6)C5(C)C)cn4)cc3OC)nc2N1C1CCCC1. The first kappa shape index (κ1) is 49.6. The van der Waals surface area contributed by atoms with E-state index in [1.165, 1.54) is 19.5 Å². The lowest BCUT2D eigenvalue weighted by atomic mass is 9.49. The third kappa shape index (κ3) is 10.5. The normalized spacial score (nSPS) is 19.4. The lowest BCUT2D eigenvalue weighted by Gasteiger charge is -2.63. The Morgan fingerprint density at radius 2 is 1.65 bits per heavy atom. The summed E-state index contributed by atoms with van der Waals surface area (Å²) in [6, 6.07) is 12.0. The summed E-state index contributed by atoms with van der Waals surface area (Å²) in [4.78, 5) is 63.6. The zero-order valence-corrected chi connectivity index (χ0v) is 40.9. The van der Waals surface area contributed by atoms with E-state index in [0.717, 1.165) is 31.5 Å². The molecule has 3 heterocycles. The second-order valence-corrected chi connectivity index (χ2v) is 19.0. The summed E-state index contributed by atoms with van der Waals surface area (Å²) < 4.78 is 23.4. The van der Waals surface area contributed by atoms with Crippen molar-refractivity contribution in [2.45, 2.75) is 91.0 Å². The number of methoxy groups -OCH3 is 1. The number of ether oxygens (including phenoxy) is 4. The van der Waals surface area contributed by atoms with E-state index in [2.05, 4.69) is 41.9 Å². The van der Waals surface area contributed by atoms with Crippen molar-refractivity contribution in [3.63, 3.8) is 0 Å². The molecule has 18 nitrogen and oxygen atoms in total. The maximum absolute atomic E-state index is 13.3. The number of fused-ring (bicyclic) bond motifs is 1. The van der Waals surface area contributed by atoms with Gasteiger partial charge in [0, 0.05) is 74.1 Å². The molecule has 2 aromatic heterocycles. The van der Waals surface area contributed by atoms with Crippen LogP contribution < -0.4 is 40.1 Å². The van der Waals surface area contributed by atoms with Crippen molar-refractivity contribution in [1.29, 1.82) is 5.26 Å². The molecule has 3 aliphatic rings. The van der Waals surface area contributed by atoms with E-state index < -0.39 is 10.8 Å². The van der Waals surface area contributed by atoms with Crippen LogP contribution in [0, 0.1) is 22.2 Å². The minimum absolute atomic E-state index is 0.0560. The minimum atomic E-state index is -0.411. The number of nitrogens with one attached hydrogen (secondary N) is 3. The van der Waals surface area contributed by atoms with Gasteiger partial charge in [-0.2, -0.15) is 10.2 Å². The molecule has 0 spiro atoms. The van der Waals surface area contributed by atoms with Crippen LogP contribution in [0.15, 0.2) is 55.0 Å². The van der Waals surface area contributed by atoms with Crippen LogP contribution in [0.5, 0.6) is 11.5 Å². The number of hydrogen-bond donors (Lipinski definition) is 3. The summed E-state index contributed by atoms with van der Waals surface area (Å²) in [5, 5.41) is 18.8. The second-order valence-electron chi connectivity index (χ2n) is 18.6. The Hall–Kier alpha value is -6.29. The standard InChI is InChI=1S/C49H62ClN11O7/c1-9-37-43(64)60(7)38-29-53-46(57-40(38)61(37)33-12-10-11-13-33)56-36-17-15-30(24-39(36)65-8)41(62)52-18-20-66-22-23-67-21-19-59(6)47-54-27-32(28-55-47)42(63)58-44-48(2,3)45(49(44,4)5)68-34-16-14-31(26-51)35(50)25-34/h14-17,24-25,27-29,33,37,44-45H,9-13,18-23H2,1-8H3,(H,52,62)(H,58,63)(H,53,56,57)/t37-,44?,45?/m1/s1. The summed E-state index contributed by atoms with van der Waals surface area (Å²) in [5.74, 6) is 2.08. The van der Waals surface area contributed by atoms with Gasteiger partial charge >= 0.3 is 0 Å². The molecule has 0 saturated heterocycles. The monoisotopic (exact) mass is 951 g/mol. The highest BCUT2D eigenvalue weighted by Gasteiger charge is 2.64. The number of benzene rings is 2. The van der Waals surface area contributed by atoms with Crippen LogP contribution in [-0.2, 0) is 14.3 Å². The Bertz CT molecular complexity index is 2480. The molecular formula is C49H62ClN11O7. The van der Waals surface area contributed by atoms with Gasteiger partial charge < -0.3 is 49.6 Å². The molecule has 19 heteroatoms. The molecule has 0 radical (unpaired) electrons. The molecule has 2 aromatic carbocycles. The zero-order valence-electron chi connectivity index (χ0n) is 40.1. The number of aromatic nitrogens is 4. The van der Waals surface area contributed by atoms with Crippen LogP contribution in [0.3, 0.4) is 0 Å². The Balaban J connectivity index is 0.797. The maximum Gasteiger partial charge on any atom is 0.254 e. The molecule has 2 aliphatic carbocycles. The van der Waals surface area contributed by atoms with Crippen LogP contribution in [-0.4, -0.2) is 123 Å². The summed E-state index contributed by atoms with van der Waals surface area (Å²) in [6.45, 7) is 12.4. The summed E-state index contributed by atoms with van der Waals surface area (Å²) in [5.41, 5.74) is 1.60. The van der Waals surface area contributed by atoms with Gasteiger partial charge in [0.2, 0.25) is 17.8 Å². The van der Waals surface area contributed by atoms with E-state index in [0.29, 0.717) is 102 Å². The van der Waals surface area contributed by atoms with Gasteiger partial charge in [-0.05, 0) is 49.6 Å². The fraction of sp³-hybridized carbons (Fsp3) is 0.510. The molecular weight excluding hydrogens is 890 g/mol. The highest BCUT2D eigenvalue weighted by atomic mass is 35.5. The molecule has 2 fully saturated rings. The quantitative estimate of drug-likeness (QED) is 0.0802. The van der Waals surface area contributed by atoms with Crippen LogP contribution in [0.25, 0.3) is 0 Å². The van der Waals surface area contributed by atoms with E-state index in [-0.39, 0.29) is 42.0 Å². The maximum atomic E-state index is 13.3. The number of anilines is 5. The Labute approximate surface area is 403 Å². The third-order valence-corrected chi connectivity index (χ3v) is 13.6. The van der Waals surface area contributed by atoms with Gasteiger partial charge in [-0.25, -0.2) is 15.0 Å². The van der Waals surface area contributed by atoms with E-state index in [1.807, 2.05) is 46.6 Å². The molecule has 0 bridgehead atoms. The predicted octanol–water partition coefficient (Wildman–Crippen LogP) is 6.56. The van der Waals surface area contributed by atoms with Gasteiger partial charge in [-0.15, -0.1) is 0 Å². The van der Waals surface area contributed by atoms with E-state index >= 15 is 0 Å². The smallest absolute Gasteiger partial charge is 0.254 e. The molecule has 7 rings (SSSR count). The van der Waals surface area contributed by atoms with E-state index in [9.17, 15) is 19.6 Å². The van der Waals surface area contributed by atoms with Crippen molar-refractivity contribution in [3.05, 3.63) is 76.7 Å². The van der Waals surface area contributed by atoms with Gasteiger partial charge in [0.25, 0.3) is 11.8 Å². The lowest BCUT2D eigenvalue weighted by molar-refractivity contribution is -0.164. The number of carbonyl (C=O) groups excluding carboxylic acids is 3. The number of likely N-dealkylation sites (N-methyl/N-ethyl adjacent to an activating group) is 2. The van der Waals surface area contributed by atoms with Gasteiger partial charge in [-0.3, -0.25) is 14.4 Å². The molecule has 3 N–H and O–H groups in total. The number of halogens is 1. The van der Waals surface area contributed by atoms with Crippen LogP contribution >= 0.6 is 11.6 Å². The fourth-order valence-electron chi connectivity index (χ4n) is 9.91. The molecule has 3 amide bonds. The Morgan fingerprint density at radius 3 is 2.31 bits per heavy atom. The van der Waals surface area contributed by atoms with Crippen LogP contribution in [0.1, 0.15) is 93.0 Å². The van der Waals surface area contributed by atoms with Crippen molar-refractivity contribution in [1.82, 2.24) is 30.6 Å². The summed E-state index contributed by atoms with van der Waals surface area (Å²) in [7, 11) is 5.15. The number of amides is 3. The molecule has 1 atom stereocenters. The highest BCUT2D eigenvalue weighted by molar-refractivity contribution is 6.31.